The summed E-state index contributed by atoms with van der Waals surface area (Å²) in [5.41, 5.74) is -5.57. The molecule has 1 aromatic heterocycles. The monoisotopic (exact) mass is 461 g/mol. The highest BCUT2D eigenvalue weighted by Gasteiger charge is 2.73. The number of nitrogens with one attached hydrogen (secondary N) is 1. The number of carbonyl (C=O) groups is 1. The van der Waals surface area contributed by atoms with Crippen LogP contribution in [0.15, 0.2) is 42.7 Å². The van der Waals surface area contributed by atoms with E-state index in [1.807, 2.05) is 0 Å². The molecule has 1 aliphatic heterocycles. The van der Waals surface area contributed by atoms with Crippen LogP contribution in [0, 0.1) is 0 Å². The van der Waals surface area contributed by atoms with Crippen LogP contribution in [-0.2, 0) is 12.1 Å². The number of likely N-dealkylation sites (tertiary alicyclic amines) is 1. The molecule has 0 bridgehead atoms. The molecule has 1 fully saturated rings. The highest BCUT2D eigenvalue weighted by Crippen LogP contribution is 2.54. The Morgan fingerprint density at radius 3 is 2.25 bits per heavy atom. The Morgan fingerprint density at radius 1 is 0.969 bits per heavy atom. The lowest BCUT2D eigenvalue weighted by Gasteiger charge is -2.35. The Balaban J connectivity index is 1.59. The lowest BCUT2D eigenvalue weighted by atomic mass is 9.77. The average molecular weight is 461 g/mol. The van der Waals surface area contributed by atoms with Crippen LogP contribution in [0.3, 0.4) is 0 Å². The molecule has 4 nitrogen and oxygen atoms in total. The van der Waals surface area contributed by atoms with Crippen molar-refractivity contribution in [2.75, 3.05) is 11.9 Å². The smallest absolute Gasteiger partial charge is 0.321 e. The van der Waals surface area contributed by atoms with Crippen molar-refractivity contribution in [3.05, 3.63) is 59.4 Å². The number of nitrogens with zero attached hydrogens (tertiary/aromatic N) is 2. The second-order valence-electron chi connectivity index (χ2n) is 7.93. The van der Waals surface area contributed by atoms with Gasteiger partial charge in [-0.3, -0.25) is 4.98 Å². The average Bonchev–Trinajstić information content (AvgIpc) is 3.16. The molecule has 2 amide bonds. The number of hydrogen-bond acceptors (Lipinski definition) is 2. The largest absolute Gasteiger partial charge is 0.435 e. The minimum atomic E-state index is -6.15. The molecule has 1 aromatic carbocycles. The second-order valence-corrected chi connectivity index (χ2v) is 7.93. The van der Waals surface area contributed by atoms with Crippen molar-refractivity contribution >= 4 is 11.7 Å². The van der Waals surface area contributed by atoms with E-state index < -0.39 is 23.6 Å². The number of fused-ring (bicyclic) bond motifs is 3. The molecule has 2 heterocycles. The molecule has 0 radical (unpaired) electrons. The predicted molar refractivity (Wildman–Crippen MR) is 101 cm³/mol. The number of rotatable bonds is 2. The number of hydrogen-bond donors (Lipinski definition) is 1. The van der Waals surface area contributed by atoms with E-state index in [2.05, 4.69) is 10.3 Å². The van der Waals surface area contributed by atoms with Crippen molar-refractivity contribution in [1.29, 1.82) is 0 Å². The van der Waals surface area contributed by atoms with Crippen LogP contribution in [-0.4, -0.2) is 40.9 Å². The van der Waals surface area contributed by atoms with Crippen LogP contribution in [0.1, 0.15) is 35.4 Å². The van der Waals surface area contributed by atoms with E-state index in [1.54, 1.807) is 17.0 Å². The first-order valence-corrected chi connectivity index (χ1v) is 9.87. The van der Waals surface area contributed by atoms with Crippen LogP contribution in [0.4, 0.5) is 41.2 Å². The number of aromatic nitrogens is 1. The van der Waals surface area contributed by atoms with Crippen molar-refractivity contribution in [2.45, 2.75) is 49.2 Å². The van der Waals surface area contributed by atoms with Crippen LogP contribution >= 0.6 is 0 Å². The molecule has 172 valence electrons. The summed E-state index contributed by atoms with van der Waals surface area (Å²) in [5.74, 6) is -0.248. The first-order chi connectivity index (χ1) is 14.9. The summed E-state index contributed by atoms with van der Waals surface area (Å²) in [6.45, 7) is 0.381. The van der Waals surface area contributed by atoms with Gasteiger partial charge in [-0.05, 0) is 42.5 Å². The van der Waals surface area contributed by atoms with Crippen LogP contribution in [0.2, 0.25) is 0 Å². The number of anilines is 1. The van der Waals surface area contributed by atoms with E-state index in [0.29, 0.717) is 42.8 Å². The summed E-state index contributed by atoms with van der Waals surface area (Å²) in [6.07, 6.45) is -8.28. The van der Waals surface area contributed by atoms with E-state index in [9.17, 15) is 35.5 Å². The first kappa shape index (κ1) is 22.3. The van der Waals surface area contributed by atoms with Gasteiger partial charge in [0, 0.05) is 42.1 Å². The molecule has 32 heavy (non-hydrogen) atoms. The topological polar surface area (TPSA) is 45.2 Å². The highest BCUT2D eigenvalue weighted by molar-refractivity contribution is 5.89. The fourth-order valence-electron chi connectivity index (χ4n) is 4.65. The number of alkyl halides is 7. The molecule has 2 aromatic rings. The SMILES string of the molecule is O=C(Nc1ccncc1)N1CCC2c3ccc(C(F)(C(F)(F)F)C(F)(F)F)cc3CCC21. The summed E-state index contributed by atoms with van der Waals surface area (Å²) in [6, 6.07) is 5.00. The second kappa shape index (κ2) is 7.63. The molecule has 11 heteroatoms. The standard InChI is InChI=1S/C21H18F7N3O/c22-19(20(23,24)25,21(26,27)28)13-2-3-15-12(11-13)1-4-17-16(15)7-10-31(17)18(32)30-14-5-8-29-9-6-14/h2-3,5-6,8-9,11,16-17H,1,4,7,10H2,(H,29,30,32). The van der Waals surface area contributed by atoms with Gasteiger partial charge in [0.15, 0.2) is 0 Å². The predicted octanol–water partition coefficient (Wildman–Crippen LogP) is 5.71. The van der Waals surface area contributed by atoms with Crippen molar-refractivity contribution in [2.24, 2.45) is 0 Å². The highest BCUT2D eigenvalue weighted by atomic mass is 19.4. The number of pyridine rings is 1. The zero-order valence-electron chi connectivity index (χ0n) is 16.5. The van der Waals surface area contributed by atoms with Crippen molar-refractivity contribution in [3.8, 4) is 0 Å². The number of urea groups is 1. The fraction of sp³-hybridized carbons (Fsp3) is 0.429. The Morgan fingerprint density at radius 2 is 1.62 bits per heavy atom. The Kier molecular flexibility index (Phi) is 5.33. The molecular weight excluding hydrogens is 443 g/mol. The Labute approximate surface area is 178 Å². The lowest BCUT2D eigenvalue weighted by Crippen LogP contribution is -2.50. The van der Waals surface area contributed by atoms with E-state index in [4.69, 9.17) is 0 Å². The summed E-state index contributed by atoms with van der Waals surface area (Å²) in [7, 11) is 0. The minimum Gasteiger partial charge on any atom is -0.321 e. The summed E-state index contributed by atoms with van der Waals surface area (Å²) in [5, 5.41) is 2.75. The van der Waals surface area contributed by atoms with Gasteiger partial charge in [0.2, 0.25) is 0 Å². The third kappa shape index (κ3) is 3.57. The minimum absolute atomic E-state index is 0.134. The molecule has 2 atom stereocenters. The van der Waals surface area contributed by atoms with Crippen molar-refractivity contribution in [3.63, 3.8) is 0 Å². The molecule has 1 aliphatic carbocycles. The zero-order chi connectivity index (χ0) is 23.3. The van der Waals surface area contributed by atoms with Gasteiger partial charge in [-0.1, -0.05) is 18.2 Å². The molecule has 2 unspecified atom stereocenters. The Hall–Kier alpha value is -2.85. The number of benzene rings is 1. The molecule has 1 saturated heterocycles. The lowest BCUT2D eigenvalue weighted by molar-refractivity contribution is -0.348. The normalized spacial score (nSPS) is 21.2. The van der Waals surface area contributed by atoms with Gasteiger partial charge in [-0.2, -0.15) is 26.3 Å². The Bertz CT molecular complexity index is 993. The van der Waals surface area contributed by atoms with Crippen LogP contribution in [0.5, 0.6) is 0 Å². The zero-order valence-corrected chi connectivity index (χ0v) is 16.5. The molecule has 0 spiro atoms. The van der Waals surface area contributed by atoms with Crippen molar-refractivity contribution in [1.82, 2.24) is 9.88 Å². The van der Waals surface area contributed by atoms with Gasteiger partial charge in [0.1, 0.15) is 0 Å². The summed E-state index contributed by atoms with van der Waals surface area (Å²) >= 11 is 0. The third-order valence-corrected chi connectivity index (χ3v) is 6.17. The van der Waals surface area contributed by atoms with E-state index >= 15 is 0 Å². The van der Waals surface area contributed by atoms with Gasteiger partial charge >= 0.3 is 24.1 Å². The van der Waals surface area contributed by atoms with E-state index in [1.165, 1.54) is 12.4 Å². The number of halogens is 7. The van der Waals surface area contributed by atoms with E-state index in [0.717, 1.165) is 6.07 Å². The molecule has 2 aliphatic rings. The van der Waals surface area contributed by atoms with Gasteiger partial charge < -0.3 is 10.2 Å². The maximum atomic E-state index is 14.4. The molecule has 0 saturated carbocycles. The van der Waals surface area contributed by atoms with Gasteiger partial charge in [0.25, 0.3) is 0 Å². The van der Waals surface area contributed by atoms with Crippen LogP contribution in [0.25, 0.3) is 0 Å². The number of aryl methyl sites for hydroxylation is 1. The first-order valence-electron chi connectivity index (χ1n) is 9.87. The number of carbonyl (C=O) groups excluding carboxylic acids is 1. The molecule has 1 N–H and O–H groups in total. The molecular formula is C21H18F7N3O. The number of amides is 2. The maximum absolute atomic E-state index is 14.4. The third-order valence-electron chi connectivity index (χ3n) is 6.17. The van der Waals surface area contributed by atoms with Gasteiger partial charge in [-0.25, -0.2) is 9.18 Å². The summed E-state index contributed by atoms with van der Waals surface area (Å²) in [4.78, 5) is 18.2. The maximum Gasteiger partial charge on any atom is 0.435 e. The van der Waals surface area contributed by atoms with Crippen molar-refractivity contribution < 1.29 is 35.5 Å². The quantitative estimate of drug-likeness (QED) is 0.583. The van der Waals surface area contributed by atoms with E-state index in [-0.39, 0.29) is 30.0 Å². The van der Waals surface area contributed by atoms with Crippen LogP contribution < -0.4 is 5.32 Å². The van der Waals surface area contributed by atoms with Gasteiger partial charge in [-0.15, -0.1) is 0 Å². The molecule has 4 rings (SSSR count). The summed E-state index contributed by atoms with van der Waals surface area (Å²) < 4.78 is 93.0. The fourth-order valence-corrected chi connectivity index (χ4v) is 4.65. The van der Waals surface area contributed by atoms with Gasteiger partial charge in [0.05, 0.1) is 0 Å².